The molecule has 7 nitrogen and oxygen atoms in total. The lowest BCUT2D eigenvalue weighted by atomic mass is 10.3. The molecule has 0 saturated heterocycles. The molecule has 0 saturated carbocycles. The van der Waals surface area contributed by atoms with Gasteiger partial charge in [-0.3, -0.25) is 4.79 Å². The number of para-hydroxylation sites is 1. The topological polar surface area (TPSA) is 69.2 Å². The highest BCUT2D eigenvalue weighted by atomic mass is 16.5. The molecule has 0 atom stereocenters. The first-order valence-electron chi connectivity index (χ1n) is 9.60. The van der Waals surface area contributed by atoms with Crippen LogP contribution in [0.25, 0.3) is 0 Å². The quantitative estimate of drug-likeness (QED) is 0.329. The van der Waals surface area contributed by atoms with E-state index in [1.807, 2.05) is 25.1 Å². The van der Waals surface area contributed by atoms with Crippen LogP contribution in [0.2, 0.25) is 0 Å². The molecule has 1 aromatic rings. The smallest absolute Gasteiger partial charge is 0.243 e. The van der Waals surface area contributed by atoms with Crippen LogP contribution in [-0.2, 0) is 9.53 Å². The third-order valence-corrected chi connectivity index (χ3v) is 3.99. The molecule has 0 radical (unpaired) electrons. The molecule has 0 aromatic heterocycles. The molecule has 0 aliphatic rings. The summed E-state index contributed by atoms with van der Waals surface area (Å²) in [6, 6.07) is 10.3. The number of amides is 1. The van der Waals surface area contributed by atoms with Crippen LogP contribution in [0.1, 0.15) is 19.8 Å². The van der Waals surface area contributed by atoms with Crippen molar-refractivity contribution in [2.75, 3.05) is 65.4 Å². The minimum absolute atomic E-state index is 0.0192. The van der Waals surface area contributed by atoms with E-state index in [0.717, 1.165) is 45.7 Å². The van der Waals surface area contributed by atoms with Crippen molar-refractivity contribution in [1.82, 2.24) is 15.5 Å². The normalized spacial score (nSPS) is 11.2. The first kappa shape index (κ1) is 22.8. The number of anilines is 1. The maximum absolute atomic E-state index is 11.8. The van der Waals surface area contributed by atoms with Crippen molar-refractivity contribution in [3.05, 3.63) is 30.3 Å². The summed E-state index contributed by atoms with van der Waals surface area (Å²) in [6.45, 7) is 6.04. The van der Waals surface area contributed by atoms with Crippen LogP contribution in [0.3, 0.4) is 0 Å². The SMILES string of the molecule is CCOCCCNC(=NCC(=O)N(C)C)NCCCN(C)c1ccccc1. The number of hydrogen-bond donors (Lipinski definition) is 2. The number of nitrogens with one attached hydrogen (secondary N) is 2. The van der Waals surface area contributed by atoms with Crippen LogP contribution in [0.5, 0.6) is 0 Å². The van der Waals surface area contributed by atoms with Crippen molar-refractivity contribution in [1.29, 1.82) is 0 Å². The molecule has 0 bridgehead atoms. The Morgan fingerprint density at radius 2 is 1.74 bits per heavy atom. The van der Waals surface area contributed by atoms with E-state index in [1.54, 1.807) is 19.0 Å². The average molecular weight is 378 g/mol. The van der Waals surface area contributed by atoms with E-state index >= 15 is 0 Å². The van der Waals surface area contributed by atoms with Gasteiger partial charge in [-0.25, -0.2) is 4.99 Å². The first-order chi connectivity index (χ1) is 13.0. The number of ether oxygens (including phenoxy) is 1. The number of nitrogens with zero attached hydrogens (tertiary/aromatic N) is 3. The number of likely N-dealkylation sites (N-methyl/N-ethyl adjacent to an activating group) is 1. The van der Waals surface area contributed by atoms with Crippen molar-refractivity contribution in [2.45, 2.75) is 19.8 Å². The van der Waals surface area contributed by atoms with E-state index < -0.39 is 0 Å². The number of benzene rings is 1. The summed E-state index contributed by atoms with van der Waals surface area (Å²) in [7, 11) is 5.56. The molecular formula is C20H35N5O2. The monoisotopic (exact) mass is 377 g/mol. The molecular weight excluding hydrogens is 342 g/mol. The van der Waals surface area contributed by atoms with Gasteiger partial charge in [0.2, 0.25) is 5.91 Å². The summed E-state index contributed by atoms with van der Waals surface area (Å²) in [5.74, 6) is 0.651. The van der Waals surface area contributed by atoms with Gasteiger partial charge in [0.15, 0.2) is 5.96 Å². The highest BCUT2D eigenvalue weighted by Gasteiger charge is 2.05. The van der Waals surface area contributed by atoms with Gasteiger partial charge in [-0.05, 0) is 31.9 Å². The Bertz CT molecular complexity index is 549. The Hall–Kier alpha value is -2.28. The molecule has 1 rings (SSSR count). The largest absolute Gasteiger partial charge is 0.382 e. The fourth-order valence-electron chi connectivity index (χ4n) is 2.32. The van der Waals surface area contributed by atoms with Gasteiger partial charge in [0.25, 0.3) is 0 Å². The van der Waals surface area contributed by atoms with E-state index in [4.69, 9.17) is 4.74 Å². The van der Waals surface area contributed by atoms with Gasteiger partial charge in [-0.2, -0.15) is 0 Å². The minimum Gasteiger partial charge on any atom is -0.382 e. The second-order valence-electron chi connectivity index (χ2n) is 6.47. The maximum atomic E-state index is 11.8. The second-order valence-corrected chi connectivity index (χ2v) is 6.47. The Morgan fingerprint density at radius 3 is 2.37 bits per heavy atom. The van der Waals surface area contributed by atoms with Crippen LogP contribution in [0.15, 0.2) is 35.3 Å². The van der Waals surface area contributed by atoms with E-state index in [1.165, 1.54) is 5.69 Å². The van der Waals surface area contributed by atoms with Crippen LogP contribution in [0.4, 0.5) is 5.69 Å². The summed E-state index contributed by atoms with van der Waals surface area (Å²) in [5, 5.41) is 6.58. The third-order valence-electron chi connectivity index (χ3n) is 3.99. The molecule has 2 N–H and O–H groups in total. The predicted molar refractivity (Wildman–Crippen MR) is 112 cm³/mol. The van der Waals surface area contributed by atoms with E-state index in [0.29, 0.717) is 5.96 Å². The lowest BCUT2D eigenvalue weighted by molar-refractivity contribution is -0.127. The number of carbonyl (C=O) groups is 1. The Balaban J connectivity index is 2.40. The summed E-state index contributed by atoms with van der Waals surface area (Å²) < 4.78 is 5.35. The van der Waals surface area contributed by atoms with Crippen molar-refractivity contribution in [3.8, 4) is 0 Å². The number of guanidine groups is 1. The molecule has 7 heteroatoms. The van der Waals surface area contributed by atoms with Crippen molar-refractivity contribution < 1.29 is 9.53 Å². The van der Waals surface area contributed by atoms with Gasteiger partial charge in [0.05, 0.1) is 0 Å². The summed E-state index contributed by atoms with van der Waals surface area (Å²) in [6.07, 6.45) is 1.86. The van der Waals surface area contributed by atoms with Gasteiger partial charge >= 0.3 is 0 Å². The predicted octanol–water partition coefficient (Wildman–Crippen LogP) is 1.56. The fourth-order valence-corrected chi connectivity index (χ4v) is 2.32. The highest BCUT2D eigenvalue weighted by molar-refractivity contribution is 5.84. The van der Waals surface area contributed by atoms with Gasteiger partial charge in [-0.1, -0.05) is 18.2 Å². The zero-order chi connectivity index (χ0) is 19.9. The number of rotatable bonds is 12. The van der Waals surface area contributed by atoms with Gasteiger partial charge in [0.1, 0.15) is 6.54 Å². The molecule has 0 aliphatic carbocycles. The molecule has 1 amide bonds. The standard InChI is InChI=1S/C20H35N5O2/c1-5-27-16-10-14-22-20(23-17-19(26)24(2)3)21-13-9-15-25(4)18-11-7-6-8-12-18/h6-8,11-12H,5,9-10,13-17H2,1-4H3,(H2,21,22,23). The fraction of sp³-hybridized carbons (Fsp3) is 0.600. The molecule has 27 heavy (non-hydrogen) atoms. The lowest BCUT2D eigenvalue weighted by Gasteiger charge is -2.20. The first-order valence-corrected chi connectivity index (χ1v) is 9.60. The number of carbonyl (C=O) groups excluding carboxylic acids is 1. The average Bonchev–Trinajstić information content (AvgIpc) is 2.68. The van der Waals surface area contributed by atoms with E-state index in [9.17, 15) is 4.79 Å². The van der Waals surface area contributed by atoms with Crippen molar-refractivity contribution in [3.63, 3.8) is 0 Å². The van der Waals surface area contributed by atoms with E-state index in [2.05, 4.69) is 39.7 Å². The van der Waals surface area contributed by atoms with E-state index in [-0.39, 0.29) is 12.5 Å². The van der Waals surface area contributed by atoms with Crippen molar-refractivity contribution in [2.24, 2.45) is 4.99 Å². The molecule has 152 valence electrons. The second kappa shape index (κ2) is 13.9. The van der Waals surface area contributed by atoms with Crippen LogP contribution in [0, 0.1) is 0 Å². The Morgan fingerprint density at radius 1 is 1.07 bits per heavy atom. The van der Waals surface area contributed by atoms with Crippen LogP contribution in [-0.4, -0.2) is 77.3 Å². The zero-order valence-electron chi connectivity index (χ0n) is 17.2. The molecule has 0 heterocycles. The molecule has 0 unspecified atom stereocenters. The molecule has 0 fully saturated rings. The Labute approximate surface area is 163 Å². The summed E-state index contributed by atoms with van der Waals surface area (Å²) >= 11 is 0. The molecule has 0 spiro atoms. The van der Waals surface area contributed by atoms with Gasteiger partial charge in [-0.15, -0.1) is 0 Å². The Kier molecular flexibility index (Phi) is 11.7. The molecule has 1 aromatic carbocycles. The van der Waals surface area contributed by atoms with Crippen LogP contribution < -0.4 is 15.5 Å². The third kappa shape index (κ3) is 10.5. The maximum Gasteiger partial charge on any atom is 0.243 e. The highest BCUT2D eigenvalue weighted by Crippen LogP contribution is 2.10. The van der Waals surface area contributed by atoms with Crippen LogP contribution >= 0.6 is 0 Å². The zero-order valence-corrected chi connectivity index (χ0v) is 17.2. The van der Waals surface area contributed by atoms with Gasteiger partial charge < -0.3 is 25.2 Å². The number of hydrogen-bond acceptors (Lipinski definition) is 4. The minimum atomic E-state index is -0.0192. The lowest BCUT2D eigenvalue weighted by Crippen LogP contribution is -2.40. The van der Waals surface area contributed by atoms with Gasteiger partial charge in [0, 0.05) is 59.7 Å². The van der Waals surface area contributed by atoms with Crippen molar-refractivity contribution >= 4 is 17.6 Å². The number of aliphatic imine (C=N–C) groups is 1. The summed E-state index contributed by atoms with van der Waals surface area (Å²) in [4.78, 5) is 19.9. The summed E-state index contributed by atoms with van der Waals surface area (Å²) in [5.41, 5.74) is 1.21. The molecule has 0 aliphatic heterocycles.